The first-order valence-electron chi connectivity index (χ1n) is 7.23. The Morgan fingerprint density at radius 1 is 1.22 bits per heavy atom. The Morgan fingerprint density at radius 3 is 2.61 bits per heavy atom. The summed E-state index contributed by atoms with van der Waals surface area (Å²) in [5, 5.41) is 3.22. The van der Waals surface area contributed by atoms with Crippen LogP contribution < -0.4 is 5.32 Å². The number of hydrogen-bond donors (Lipinski definition) is 1. The van der Waals surface area contributed by atoms with Crippen molar-refractivity contribution in [3.63, 3.8) is 0 Å². The molecule has 0 aliphatic heterocycles. The number of pyridine rings is 1. The molecule has 1 heterocycles. The second-order valence-electron chi connectivity index (χ2n) is 5.14. The average Bonchev–Trinajstić information content (AvgIpc) is 2.55. The van der Waals surface area contributed by atoms with E-state index in [4.69, 9.17) is 4.74 Å². The number of nitrogens with zero attached hydrogens (tertiary/aromatic N) is 1. The summed E-state index contributed by atoms with van der Waals surface area (Å²) < 4.78 is 17.3. The summed E-state index contributed by atoms with van der Waals surface area (Å²) in [6, 6.07) is 11.3. The van der Waals surface area contributed by atoms with E-state index >= 15 is 0 Å². The van der Waals surface area contributed by atoms with Gasteiger partial charge in [0.15, 0.2) is 0 Å². The molecular formula is C17H20N2O3S. The maximum absolute atomic E-state index is 12.1. The fourth-order valence-electron chi connectivity index (χ4n) is 2.05. The smallest absolute Gasteiger partial charge is 0.233 e. The molecule has 5 nitrogen and oxygen atoms in total. The molecule has 1 N–H and O–H groups in total. The van der Waals surface area contributed by atoms with Gasteiger partial charge in [-0.2, -0.15) is 0 Å². The second-order valence-corrected chi connectivity index (χ2v) is 6.54. The van der Waals surface area contributed by atoms with Crippen LogP contribution in [0.4, 0.5) is 0 Å². The van der Waals surface area contributed by atoms with Crippen molar-refractivity contribution >= 4 is 16.7 Å². The van der Waals surface area contributed by atoms with Gasteiger partial charge in [-0.25, -0.2) is 4.98 Å². The molecule has 1 unspecified atom stereocenters. The largest absolute Gasteiger partial charge is 0.380 e. The van der Waals surface area contributed by atoms with E-state index in [9.17, 15) is 9.00 Å². The van der Waals surface area contributed by atoms with E-state index < -0.39 is 10.8 Å². The molecule has 0 spiro atoms. The number of methoxy groups -OCH3 is 1. The maximum Gasteiger partial charge on any atom is 0.233 e. The molecule has 0 saturated carbocycles. The lowest BCUT2D eigenvalue weighted by Crippen LogP contribution is -2.28. The van der Waals surface area contributed by atoms with Gasteiger partial charge in [0.2, 0.25) is 5.91 Å². The first-order chi connectivity index (χ1) is 11.1. The van der Waals surface area contributed by atoms with Crippen molar-refractivity contribution in [3.8, 4) is 0 Å². The lowest BCUT2D eigenvalue weighted by molar-refractivity contribution is -0.118. The highest BCUT2D eigenvalue weighted by molar-refractivity contribution is 7.85. The third kappa shape index (κ3) is 5.26. The van der Waals surface area contributed by atoms with Gasteiger partial charge in [-0.05, 0) is 29.7 Å². The van der Waals surface area contributed by atoms with Gasteiger partial charge in [-0.1, -0.05) is 30.3 Å². The number of ether oxygens (including phenoxy) is 1. The molecule has 23 heavy (non-hydrogen) atoms. The van der Waals surface area contributed by atoms with Crippen LogP contribution in [0.25, 0.3) is 0 Å². The zero-order chi connectivity index (χ0) is 16.7. The summed E-state index contributed by atoms with van der Waals surface area (Å²) >= 11 is 0. The van der Waals surface area contributed by atoms with Crippen LogP contribution in [0.2, 0.25) is 0 Å². The first kappa shape index (κ1) is 17.3. The van der Waals surface area contributed by atoms with E-state index in [0.29, 0.717) is 18.2 Å². The molecule has 6 heteroatoms. The lowest BCUT2D eigenvalue weighted by atomic mass is 10.1. The molecule has 1 atom stereocenters. The van der Waals surface area contributed by atoms with Gasteiger partial charge in [0.05, 0.1) is 17.4 Å². The van der Waals surface area contributed by atoms with E-state index in [-0.39, 0.29) is 11.7 Å². The van der Waals surface area contributed by atoms with E-state index in [1.54, 1.807) is 19.4 Å². The number of carbonyl (C=O) groups excluding carboxylic acids is 1. The van der Waals surface area contributed by atoms with E-state index in [1.165, 1.54) is 0 Å². The molecule has 0 fully saturated rings. The Labute approximate surface area is 138 Å². The van der Waals surface area contributed by atoms with Gasteiger partial charge in [-0.3, -0.25) is 9.00 Å². The fourth-order valence-corrected chi connectivity index (χ4v) is 2.93. The third-order valence-corrected chi connectivity index (χ3v) is 4.51. The van der Waals surface area contributed by atoms with Crippen molar-refractivity contribution < 1.29 is 13.7 Å². The monoisotopic (exact) mass is 332 g/mol. The number of rotatable bonds is 7. The van der Waals surface area contributed by atoms with Gasteiger partial charge < -0.3 is 10.1 Å². The van der Waals surface area contributed by atoms with Crippen molar-refractivity contribution in [2.24, 2.45) is 0 Å². The minimum atomic E-state index is -1.44. The van der Waals surface area contributed by atoms with Crippen molar-refractivity contribution in [1.29, 1.82) is 0 Å². The highest BCUT2D eigenvalue weighted by atomic mass is 32.2. The fraction of sp³-hybridized carbons (Fsp3) is 0.294. The van der Waals surface area contributed by atoms with Crippen LogP contribution in [0.5, 0.6) is 0 Å². The topological polar surface area (TPSA) is 68.3 Å². The molecule has 0 radical (unpaired) electrons. The minimum absolute atomic E-state index is 0.0947. The average molecular weight is 332 g/mol. The van der Waals surface area contributed by atoms with E-state index in [2.05, 4.69) is 10.3 Å². The standard InChI is InChI=1S/C17H20N2O3S/c1-13-7-8-17(19-9-13)23(21)12-16(20)18-10-14-5-3-4-6-15(14)11-22-2/h3-9H,10-12H2,1-2H3,(H,18,20). The Balaban J connectivity index is 1.90. The number of aryl methyl sites for hydroxylation is 1. The Morgan fingerprint density at radius 2 is 1.96 bits per heavy atom. The number of aromatic nitrogens is 1. The van der Waals surface area contributed by atoms with E-state index in [1.807, 2.05) is 37.3 Å². The molecule has 2 rings (SSSR count). The summed E-state index contributed by atoms with van der Waals surface area (Å²) in [6.07, 6.45) is 1.64. The molecule has 2 aromatic rings. The Hall–Kier alpha value is -2.05. The predicted octanol–water partition coefficient (Wildman–Crippen LogP) is 1.96. The zero-order valence-corrected chi connectivity index (χ0v) is 14.1. The van der Waals surface area contributed by atoms with Crippen molar-refractivity contribution in [3.05, 3.63) is 59.3 Å². The number of carbonyl (C=O) groups is 1. The van der Waals surface area contributed by atoms with Gasteiger partial charge in [0.1, 0.15) is 10.8 Å². The normalized spacial score (nSPS) is 11.9. The van der Waals surface area contributed by atoms with Crippen molar-refractivity contribution in [2.45, 2.75) is 25.1 Å². The summed E-state index contributed by atoms with van der Waals surface area (Å²) in [6.45, 7) is 2.78. The number of benzene rings is 1. The molecule has 0 saturated heterocycles. The van der Waals surface area contributed by atoms with Crippen molar-refractivity contribution in [1.82, 2.24) is 10.3 Å². The summed E-state index contributed by atoms with van der Waals surface area (Å²) in [7, 11) is 0.196. The maximum atomic E-state index is 12.1. The first-order valence-corrected chi connectivity index (χ1v) is 8.55. The zero-order valence-electron chi connectivity index (χ0n) is 13.2. The minimum Gasteiger partial charge on any atom is -0.380 e. The highest BCUT2D eigenvalue weighted by Crippen LogP contribution is 2.10. The molecular weight excluding hydrogens is 312 g/mol. The SMILES string of the molecule is COCc1ccccc1CNC(=O)CS(=O)c1ccc(C)cn1. The number of nitrogens with one attached hydrogen (secondary N) is 1. The van der Waals surface area contributed by atoms with Gasteiger partial charge in [-0.15, -0.1) is 0 Å². The second kappa shape index (κ2) is 8.55. The van der Waals surface area contributed by atoms with Gasteiger partial charge in [0.25, 0.3) is 0 Å². The van der Waals surface area contributed by atoms with Crippen molar-refractivity contribution in [2.75, 3.05) is 12.9 Å². The van der Waals surface area contributed by atoms with Crippen LogP contribution >= 0.6 is 0 Å². The number of amides is 1. The quantitative estimate of drug-likeness (QED) is 0.841. The van der Waals surface area contributed by atoms with Crippen LogP contribution in [-0.2, 0) is 33.5 Å². The van der Waals surface area contributed by atoms with Crippen LogP contribution in [0.15, 0.2) is 47.6 Å². The van der Waals surface area contributed by atoms with Crippen LogP contribution in [0.1, 0.15) is 16.7 Å². The van der Waals surface area contributed by atoms with Gasteiger partial charge in [0, 0.05) is 19.9 Å². The Bertz CT molecular complexity index is 686. The molecule has 0 aliphatic carbocycles. The van der Waals surface area contributed by atoms with Crippen LogP contribution in [0.3, 0.4) is 0 Å². The molecule has 1 aromatic heterocycles. The highest BCUT2D eigenvalue weighted by Gasteiger charge is 2.11. The molecule has 1 aromatic carbocycles. The summed E-state index contributed by atoms with van der Waals surface area (Å²) in [5.74, 6) is -0.361. The third-order valence-electron chi connectivity index (χ3n) is 3.27. The van der Waals surface area contributed by atoms with Crippen LogP contribution in [0, 0.1) is 6.92 Å². The van der Waals surface area contributed by atoms with E-state index in [0.717, 1.165) is 16.7 Å². The molecule has 0 aliphatic rings. The Kier molecular flexibility index (Phi) is 6.43. The molecule has 0 bridgehead atoms. The molecule has 1 amide bonds. The lowest BCUT2D eigenvalue weighted by Gasteiger charge is -2.10. The number of hydrogen-bond acceptors (Lipinski definition) is 4. The predicted molar refractivity (Wildman–Crippen MR) is 89.3 cm³/mol. The summed E-state index contributed by atoms with van der Waals surface area (Å²) in [5.41, 5.74) is 3.00. The summed E-state index contributed by atoms with van der Waals surface area (Å²) in [4.78, 5) is 16.1. The van der Waals surface area contributed by atoms with Gasteiger partial charge >= 0.3 is 0 Å². The molecule has 122 valence electrons. The van der Waals surface area contributed by atoms with Crippen LogP contribution in [-0.4, -0.2) is 28.0 Å².